The number of hydrogen-bond acceptors (Lipinski definition) is 5. The van der Waals surface area contributed by atoms with E-state index in [4.69, 9.17) is 0 Å². The lowest BCUT2D eigenvalue weighted by Crippen LogP contribution is -2.17. The molecule has 0 saturated carbocycles. The van der Waals surface area contributed by atoms with Crippen molar-refractivity contribution in [2.45, 2.75) is 19.5 Å². The van der Waals surface area contributed by atoms with Gasteiger partial charge in [0.05, 0.1) is 11.1 Å². The van der Waals surface area contributed by atoms with Gasteiger partial charge < -0.3 is 5.32 Å². The summed E-state index contributed by atoms with van der Waals surface area (Å²) in [6.07, 6.45) is 3.58. The molecule has 0 aliphatic carbocycles. The minimum Gasteiger partial charge on any atom is -0.306 e. The molecule has 0 aliphatic heterocycles. The minimum atomic E-state index is -0.367. The van der Waals surface area contributed by atoms with Crippen molar-refractivity contribution in [3.8, 4) is 0 Å². The van der Waals surface area contributed by atoms with Gasteiger partial charge in [-0.15, -0.1) is 0 Å². The average Bonchev–Trinajstić information content (AvgIpc) is 2.97. The lowest BCUT2D eigenvalue weighted by atomic mass is 10.2. The monoisotopic (exact) mass is 252 g/mol. The van der Waals surface area contributed by atoms with Crippen LogP contribution in [0, 0.1) is 10.1 Å². The van der Waals surface area contributed by atoms with Crippen molar-refractivity contribution in [2.75, 3.05) is 0 Å². The van der Waals surface area contributed by atoms with Crippen LogP contribution in [0.3, 0.4) is 0 Å². The lowest BCUT2D eigenvalue weighted by Gasteiger charge is -2.10. The molecule has 1 unspecified atom stereocenters. The number of nitrogens with zero attached hydrogens (tertiary/aromatic N) is 2. The highest BCUT2D eigenvalue weighted by Crippen LogP contribution is 2.23. The first-order chi connectivity index (χ1) is 8.16. The number of nitrogens with one attached hydrogen (secondary N) is 2. The molecule has 6 nitrogen and oxygen atoms in total. The standard InChI is InChI=1S/C10H12N4O2S/c1-7(9-4-12-13-5-9)11-3-8-2-10(14(15)16)17-6-8/h2,4-7,11H,3H2,1H3,(H,12,13). The fraction of sp³-hybridized carbons (Fsp3) is 0.300. The first kappa shape index (κ1) is 11.7. The average molecular weight is 252 g/mol. The predicted molar refractivity (Wildman–Crippen MR) is 64.8 cm³/mol. The summed E-state index contributed by atoms with van der Waals surface area (Å²) in [5, 5.41) is 22.4. The van der Waals surface area contributed by atoms with E-state index in [0.29, 0.717) is 6.54 Å². The molecule has 2 rings (SSSR count). The van der Waals surface area contributed by atoms with Gasteiger partial charge in [0.1, 0.15) is 0 Å². The third-order valence-corrected chi connectivity index (χ3v) is 3.38. The van der Waals surface area contributed by atoms with Gasteiger partial charge in [-0.1, -0.05) is 11.3 Å². The Morgan fingerprint density at radius 1 is 1.71 bits per heavy atom. The Kier molecular flexibility index (Phi) is 3.50. The number of thiophene rings is 1. The fourth-order valence-corrected chi connectivity index (χ4v) is 2.17. The van der Waals surface area contributed by atoms with Crippen LogP contribution in [0.15, 0.2) is 23.8 Å². The van der Waals surface area contributed by atoms with Crippen LogP contribution in [-0.4, -0.2) is 15.1 Å². The summed E-state index contributed by atoms with van der Waals surface area (Å²) in [5.74, 6) is 0. The van der Waals surface area contributed by atoms with E-state index >= 15 is 0 Å². The van der Waals surface area contributed by atoms with E-state index < -0.39 is 0 Å². The summed E-state index contributed by atoms with van der Waals surface area (Å²) in [4.78, 5) is 10.2. The third-order valence-electron chi connectivity index (χ3n) is 2.45. The summed E-state index contributed by atoms with van der Waals surface area (Å²) in [6, 6.07) is 1.76. The van der Waals surface area contributed by atoms with E-state index in [9.17, 15) is 10.1 Å². The summed E-state index contributed by atoms with van der Waals surface area (Å²) in [6.45, 7) is 2.63. The topological polar surface area (TPSA) is 83.8 Å². The zero-order valence-corrected chi connectivity index (χ0v) is 10.0. The lowest BCUT2D eigenvalue weighted by molar-refractivity contribution is -0.380. The van der Waals surface area contributed by atoms with Gasteiger partial charge in [0.15, 0.2) is 0 Å². The number of aromatic amines is 1. The summed E-state index contributed by atoms with van der Waals surface area (Å²) < 4.78 is 0. The highest BCUT2D eigenvalue weighted by atomic mass is 32.1. The maximum absolute atomic E-state index is 10.5. The van der Waals surface area contributed by atoms with E-state index in [0.717, 1.165) is 22.5 Å². The van der Waals surface area contributed by atoms with Gasteiger partial charge in [0.25, 0.3) is 0 Å². The van der Waals surface area contributed by atoms with Crippen LogP contribution in [0.4, 0.5) is 5.00 Å². The highest BCUT2D eigenvalue weighted by Gasteiger charge is 2.11. The van der Waals surface area contributed by atoms with Crippen molar-refractivity contribution in [3.63, 3.8) is 0 Å². The summed E-state index contributed by atoms with van der Waals surface area (Å²) in [5.41, 5.74) is 1.99. The number of hydrogen-bond donors (Lipinski definition) is 2. The minimum absolute atomic E-state index is 0.160. The van der Waals surface area contributed by atoms with Crippen molar-refractivity contribution in [1.82, 2.24) is 15.5 Å². The van der Waals surface area contributed by atoms with Crippen molar-refractivity contribution >= 4 is 16.3 Å². The van der Waals surface area contributed by atoms with Gasteiger partial charge >= 0.3 is 5.00 Å². The van der Waals surface area contributed by atoms with Gasteiger partial charge in [0, 0.05) is 35.8 Å². The predicted octanol–water partition coefficient (Wildman–Crippen LogP) is 2.23. The molecule has 0 fully saturated rings. The quantitative estimate of drug-likeness (QED) is 0.631. The van der Waals surface area contributed by atoms with Crippen LogP contribution in [0.25, 0.3) is 0 Å². The first-order valence-electron chi connectivity index (χ1n) is 5.10. The molecule has 0 aliphatic rings. The van der Waals surface area contributed by atoms with Crippen LogP contribution in [0.5, 0.6) is 0 Å². The maximum atomic E-state index is 10.5. The van der Waals surface area contributed by atoms with Gasteiger partial charge in [0.2, 0.25) is 0 Å². The molecule has 0 radical (unpaired) electrons. The first-order valence-corrected chi connectivity index (χ1v) is 5.98. The number of rotatable bonds is 5. The molecule has 2 aromatic rings. The number of H-pyrrole nitrogens is 1. The number of aromatic nitrogens is 2. The normalized spacial score (nSPS) is 12.5. The Balaban J connectivity index is 1.91. The maximum Gasteiger partial charge on any atom is 0.324 e. The van der Waals surface area contributed by atoms with E-state index in [1.54, 1.807) is 17.6 Å². The molecule has 0 saturated heterocycles. The van der Waals surface area contributed by atoms with Crippen LogP contribution in [-0.2, 0) is 6.54 Å². The second-order valence-corrected chi connectivity index (χ2v) is 4.57. The zero-order valence-electron chi connectivity index (χ0n) is 9.21. The van der Waals surface area contributed by atoms with Crippen LogP contribution in [0.2, 0.25) is 0 Å². The molecule has 90 valence electrons. The molecule has 17 heavy (non-hydrogen) atoms. The van der Waals surface area contributed by atoms with Gasteiger partial charge in [-0.3, -0.25) is 15.2 Å². The Labute approximate surface area is 102 Å². The van der Waals surface area contributed by atoms with Gasteiger partial charge in [-0.25, -0.2) is 0 Å². The Morgan fingerprint density at radius 3 is 3.12 bits per heavy atom. The van der Waals surface area contributed by atoms with Crippen LogP contribution in [0.1, 0.15) is 24.1 Å². The summed E-state index contributed by atoms with van der Waals surface area (Å²) >= 11 is 1.15. The SMILES string of the molecule is CC(NCc1csc([N+](=O)[O-])c1)c1cn[nH]c1. The molecule has 0 bridgehead atoms. The molecule has 7 heteroatoms. The van der Waals surface area contributed by atoms with Gasteiger partial charge in [-0.2, -0.15) is 5.10 Å². The second kappa shape index (κ2) is 5.07. The second-order valence-electron chi connectivity index (χ2n) is 3.68. The van der Waals surface area contributed by atoms with Gasteiger partial charge in [-0.05, 0) is 12.5 Å². The molecule has 0 aromatic carbocycles. The van der Waals surface area contributed by atoms with Crippen molar-refractivity contribution in [3.05, 3.63) is 45.1 Å². The smallest absolute Gasteiger partial charge is 0.306 e. The largest absolute Gasteiger partial charge is 0.324 e. The molecular weight excluding hydrogens is 240 g/mol. The molecular formula is C10H12N4O2S. The third kappa shape index (κ3) is 2.89. The Hall–Kier alpha value is -1.73. The molecule has 0 amide bonds. The zero-order chi connectivity index (χ0) is 12.3. The summed E-state index contributed by atoms with van der Waals surface area (Å²) in [7, 11) is 0. The Bertz CT molecular complexity index is 494. The van der Waals surface area contributed by atoms with E-state index in [-0.39, 0.29) is 16.0 Å². The van der Waals surface area contributed by atoms with Crippen LogP contribution < -0.4 is 5.32 Å². The van der Waals surface area contributed by atoms with Crippen molar-refractivity contribution in [1.29, 1.82) is 0 Å². The molecule has 2 N–H and O–H groups in total. The van der Waals surface area contributed by atoms with E-state index in [1.165, 1.54) is 0 Å². The molecule has 2 aromatic heterocycles. The molecule has 1 atom stereocenters. The Morgan fingerprint density at radius 2 is 2.53 bits per heavy atom. The number of nitro groups is 1. The molecule has 2 heterocycles. The van der Waals surface area contributed by atoms with Crippen molar-refractivity contribution in [2.24, 2.45) is 0 Å². The highest BCUT2D eigenvalue weighted by molar-refractivity contribution is 7.13. The fourth-order valence-electron chi connectivity index (χ4n) is 1.44. The molecule has 0 spiro atoms. The van der Waals surface area contributed by atoms with E-state index in [2.05, 4.69) is 15.5 Å². The van der Waals surface area contributed by atoms with E-state index in [1.807, 2.05) is 13.1 Å². The van der Waals surface area contributed by atoms with Crippen LogP contribution >= 0.6 is 11.3 Å². The van der Waals surface area contributed by atoms with Crippen molar-refractivity contribution < 1.29 is 4.92 Å².